The summed E-state index contributed by atoms with van der Waals surface area (Å²) >= 11 is 0. The Bertz CT molecular complexity index is 978. The highest BCUT2D eigenvalue weighted by molar-refractivity contribution is 5.91. The highest BCUT2D eigenvalue weighted by Crippen LogP contribution is 2.34. The monoisotopic (exact) mass is 386 g/mol. The van der Waals surface area contributed by atoms with Gasteiger partial charge in [0.15, 0.2) is 0 Å². The van der Waals surface area contributed by atoms with Crippen LogP contribution in [0.5, 0.6) is 11.5 Å². The van der Waals surface area contributed by atoms with Crippen molar-refractivity contribution >= 4 is 11.9 Å². The number of nitrogen functional groups attached to an aromatic ring is 1. The number of benzene rings is 2. The number of hydrogen-bond acceptors (Lipinski definition) is 5. The van der Waals surface area contributed by atoms with E-state index in [0.717, 1.165) is 59.9 Å². The summed E-state index contributed by atoms with van der Waals surface area (Å²) < 4.78 is 5.88. The zero-order valence-electron chi connectivity index (χ0n) is 16.6. The molecule has 2 heterocycles. The van der Waals surface area contributed by atoms with E-state index in [0.29, 0.717) is 11.6 Å². The maximum Gasteiger partial charge on any atom is 0.127 e. The van der Waals surface area contributed by atoms with Gasteiger partial charge in [-0.05, 0) is 75.4 Å². The quantitative estimate of drug-likeness (QED) is 0.610. The summed E-state index contributed by atoms with van der Waals surface area (Å²) in [6.45, 7) is 2.13. The number of nitrogens with two attached hydrogens (primary N) is 1. The van der Waals surface area contributed by atoms with E-state index in [1.807, 2.05) is 60.7 Å². The van der Waals surface area contributed by atoms with Crippen molar-refractivity contribution in [3.05, 3.63) is 71.9 Å². The molecule has 1 aliphatic heterocycles. The van der Waals surface area contributed by atoms with Crippen molar-refractivity contribution in [1.82, 2.24) is 9.88 Å². The summed E-state index contributed by atoms with van der Waals surface area (Å²) in [6, 6.07) is 19.5. The minimum Gasteiger partial charge on any atom is -0.457 e. The molecule has 0 saturated carbocycles. The number of anilines is 1. The molecule has 0 aliphatic carbocycles. The molecule has 5 heteroatoms. The van der Waals surface area contributed by atoms with Crippen LogP contribution in [0.2, 0.25) is 0 Å². The molecule has 2 aromatic carbocycles. The molecular formula is C24H26N4O. The molecule has 1 saturated heterocycles. The number of hydrogen-bond donors (Lipinski definition) is 2. The van der Waals surface area contributed by atoms with Gasteiger partial charge in [-0.1, -0.05) is 18.2 Å². The van der Waals surface area contributed by atoms with E-state index in [1.165, 1.54) is 6.21 Å². The number of rotatable bonds is 5. The van der Waals surface area contributed by atoms with E-state index in [1.54, 1.807) is 0 Å². The zero-order valence-corrected chi connectivity index (χ0v) is 16.6. The summed E-state index contributed by atoms with van der Waals surface area (Å²) in [6.07, 6.45) is 3.48. The predicted molar refractivity (Wildman–Crippen MR) is 118 cm³/mol. The minimum absolute atomic E-state index is 0.407. The second-order valence-electron chi connectivity index (χ2n) is 7.56. The number of nitrogens with zero attached hydrogens (tertiary/aromatic N) is 2. The smallest absolute Gasteiger partial charge is 0.127 e. The Labute approximate surface area is 171 Å². The molecule has 5 nitrogen and oxygen atoms in total. The van der Waals surface area contributed by atoms with Gasteiger partial charge in [0.2, 0.25) is 0 Å². The van der Waals surface area contributed by atoms with Gasteiger partial charge in [-0.15, -0.1) is 0 Å². The first-order chi connectivity index (χ1) is 14.1. The van der Waals surface area contributed by atoms with Gasteiger partial charge in [-0.25, -0.2) is 0 Å². The molecule has 0 radical (unpaired) electrons. The Kier molecular flexibility index (Phi) is 5.58. The van der Waals surface area contributed by atoms with Crippen molar-refractivity contribution in [2.24, 2.45) is 0 Å². The number of piperidine rings is 1. The van der Waals surface area contributed by atoms with E-state index in [4.69, 9.17) is 20.9 Å². The first-order valence-corrected chi connectivity index (χ1v) is 9.97. The van der Waals surface area contributed by atoms with Crippen molar-refractivity contribution in [2.45, 2.75) is 18.8 Å². The number of pyridine rings is 1. The zero-order chi connectivity index (χ0) is 20.2. The Morgan fingerprint density at radius 3 is 2.34 bits per heavy atom. The highest BCUT2D eigenvalue weighted by Gasteiger charge is 2.22. The topological polar surface area (TPSA) is 75.2 Å². The summed E-state index contributed by atoms with van der Waals surface area (Å²) in [5.41, 5.74) is 10.3. The van der Waals surface area contributed by atoms with Gasteiger partial charge < -0.3 is 20.8 Å². The average molecular weight is 386 g/mol. The maximum absolute atomic E-state index is 7.78. The molecular weight excluding hydrogens is 360 g/mol. The summed E-state index contributed by atoms with van der Waals surface area (Å²) in [4.78, 5) is 7.27. The van der Waals surface area contributed by atoms with Crippen LogP contribution in [-0.2, 0) is 0 Å². The third-order valence-electron chi connectivity index (χ3n) is 5.51. The molecule has 29 heavy (non-hydrogen) atoms. The van der Waals surface area contributed by atoms with Crippen molar-refractivity contribution in [1.29, 1.82) is 5.41 Å². The number of nitrogens with one attached hydrogen (secondary N) is 1. The lowest BCUT2D eigenvalue weighted by molar-refractivity contribution is 0.253. The molecule has 0 spiro atoms. The van der Waals surface area contributed by atoms with E-state index in [2.05, 4.69) is 11.9 Å². The van der Waals surface area contributed by atoms with Gasteiger partial charge in [0.05, 0.1) is 11.4 Å². The maximum atomic E-state index is 7.78. The van der Waals surface area contributed by atoms with E-state index < -0.39 is 0 Å². The third kappa shape index (κ3) is 4.30. The van der Waals surface area contributed by atoms with Crippen LogP contribution in [0.4, 0.5) is 5.69 Å². The molecule has 1 fully saturated rings. The summed E-state index contributed by atoms with van der Waals surface area (Å²) in [5, 5.41) is 7.78. The average Bonchev–Trinajstić information content (AvgIpc) is 2.76. The molecule has 0 bridgehead atoms. The second kappa shape index (κ2) is 8.45. The van der Waals surface area contributed by atoms with Crippen molar-refractivity contribution in [3.63, 3.8) is 0 Å². The number of aromatic nitrogens is 1. The molecule has 148 valence electrons. The fourth-order valence-corrected chi connectivity index (χ4v) is 3.75. The highest BCUT2D eigenvalue weighted by atomic mass is 16.5. The van der Waals surface area contributed by atoms with Crippen LogP contribution in [0.3, 0.4) is 0 Å². The lowest BCUT2D eigenvalue weighted by Gasteiger charge is -2.29. The minimum atomic E-state index is 0.407. The van der Waals surface area contributed by atoms with Crippen molar-refractivity contribution in [2.75, 3.05) is 25.9 Å². The third-order valence-corrected chi connectivity index (χ3v) is 5.51. The van der Waals surface area contributed by atoms with E-state index >= 15 is 0 Å². The largest absolute Gasteiger partial charge is 0.457 e. The molecule has 0 amide bonds. The van der Waals surface area contributed by atoms with Gasteiger partial charge in [0.1, 0.15) is 11.5 Å². The standard InChI is InChI=1S/C24H26N4O/c1-28-13-11-17(12-14-28)22-15-19(16-25)23(26)24(27-22)18-7-9-21(10-8-18)29-20-5-3-2-4-6-20/h2-10,15-17,25H,11-14,26H2,1H3. The fraction of sp³-hybridized carbons (Fsp3) is 0.250. The number of ether oxygens (including phenoxy) is 1. The van der Waals surface area contributed by atoms with Crippen LogP contribution >= 0.6 is 0 Å². The van der Waals surface area contributed by atoms with Gasteiger partial charge in [-0.3, -0.25) is 4.98 Å². The Morgan fingerprint density at radius 1 is 1.03 bits per heavy atom. The van der Waals surface area contributed by atoms with Crippen LogP contribution in [0.25, 0.3) is 11.3 Å². The second-order valence-corrected chi connectivity index (χ2v) is 7.56. The lowest BCUT2D eigenvalue weighted by atomic mass is 9.91. The van der Waals surface area contributed by atoms with Gasteiger partial charge in [0.25, 0.3) is 0 Å². The molecule has 1 aromatic heterocycles. The van der Waals surface area contributed by atoms with Crippen LogP contribution < -0.4 is 10.5 Å². The molecule has 0 unspecified atom stereocenters. The number of likely N-dealkylation sites (tertiary alicyclic amines) is 1. The number of para-hydroxylation sites is 1. The van der Waals surface area contributed by atoms with Crippen LogP contribution in [0.15, 0.2) is 60.7 Å². The lowest BCUT2D eigenvalue weighted by Crippen LogP contribution is -2.29. The Morgan fingerprint density at radius 2 is 1.69 bits per heavy atom. The van der Waals surface area contributed by atoms with Gasteiger partial charge in [-0.2, -0.15) is 0 Å². The Balaban J connectivity index is 1.63. The van der Waals surface area contributed by atoms with Gasteiger partial charge >= 0.3 is 0 Å². The predicted octanol–water partition coefficient (Wildman–Crippen LogP) is 4.93. The van der Waals surface area contributed by atoms with Crippen LogP contribution in [-0.4, -0.2) is 36.2 Å². The molecule has 3 N–H and O–H groups in total. The fourth-order valence-electron chi connectivity index (χ4n) is 3.75. The first-order valence-electron chi connectivity index (χ1n) is 9.97. The molecule has 4 rings (SSSR count). The summed E-state index contributed by atoms with van der Waals surface area (Å²) in [7, 11) is 2.15. The SMILES string of the molecule is CN1CCC(c2cc(C=N)c(N)c(-c3ccc(Oc4ccccc4)cc3)n2)CC1. The molecule has 1 aliphatic rings. The van der Waals surface area contributed by atoms with E-state index in [9.17, 15) is 0 Å². The van der Waals surface area contributed by atoms with Crippen molar-refractivity contribution < 1.29 is 4.74 Å². The van der Waals surface area contributed by atoms with Crippen molar-refractivity contribution in [3.8, 4) is 22.8 Å². The molecule has 3 aromatic rings. The van der Waals surface area contributed by atoms with Gasteiger partial charge in [0, 0.05) is 29.0 Å². The normalized spacial score (nSPS) is 15.2. The van der Waals surface area contributed by atoms with Crippen LogP contribution in [0, 0.1) is 5.41 Å². The first kappa shape index (κ1) is 19.2. The van der Waals surface area contributed by atoms with Crippen LogP contribution in [0.1, 0.15) is 30.0 Å². The van der Waals surface area contributed by atoms with E-state index in [-0.39, 0.29) is 0 Å². The Hall–Kier alpha value is -3.18. The molecule has 0 atom stereocenters. The summed E-state index contributed by atoms with van der Waals surface area (Å²) in [5.74, 6) is 1.97.